The van der Waals surface area contributed by atoms with Gasteiger partial charge in [0.25, 0.3) is 11.8 Å². The van der Waals surface area contributed by atoms with Gasteiger partial charge in [0, 0.05) is 42.8 Å². The number of aromatic nitrogens is 1. The zero-order valence-corrected chi connectivity index (χ0v) is 18.0. The second-order valence-corrected chi connectivity index (χ2v) is 8.57. The van der Waals surface area contributed by atoms with E-state index in [1.165, 1.54) is 5.56 Å². The summed E-state index contributed by atoms with van der Waals surface area (Å²) >= 11 is 0. The molecule has 5 nitrogen and oxygen atoms in total. The van der Waals surface area contributed by atoms with Gasteiger partial charge in [-0.2, -0.15) is 0 Å². The van der Waals surface area contributed by atoms with Crippen molar-refractivity contribution in [1.29, 1.82) is 0 Å². The first-order valence-corrected chi connectivity index (χ1v) is 11.0. The summed E-state index contributed by atoms with van der Waals surface area (Å²) in [5.74, 6) is -0.256. The number of likely N-dealkylation sites (tertiary alicyclic amines) is 1. The fourth-order valence-corrected chi connectivity index (χ4v) is 5.17. The molecule has 1 fully saturated rings. The Morgan fingerprint density at radius 2 is 1.29 bits per heavy atom. The van der Waals surface area contributed by atoms with E-state index in [0.717, 1.165) is 49.6 Å². The van der Waals surface area contributed by atoms with Gasteiger partial charge in [0.2, 0.25) is 0 Å². The predicted molar refractivity (Wildman–Crippen MR) is 120 cm³/mol. The van der Waals surface area contributed by atoms with Crippen molar-refractivity contribution in [2.24, 2.45) is 0 Å². The molecule has 0 atom stereocenters. The summed E-state index contributed by atoms with van der Waals surface area (Å²) in [5, 5.41) is 0. The minimum absolute atomic E-state index is 0.0246. The first-order chi connectivity index (χ1) is 15.1. The fourth-order valence-electron chi connectivity index (χ4n) is 5.17. The van der Waals surface area contributed by atoms with Gasteiger partial charge in [0.1, 0.15) is 0 Å². The molecule has 0 radical (unpaired) electrons. The monoisotopic (exact) mass is 413 g/mol. The van der Waals surface area contributed by atoms with Gasteiger partial charge in [-0.25, -0.2) is 0 Å². The molecule has 0 saturated carbocycles. The van der Waals surface area contributed by atoms with E-state index in [1.54, 1.807) is 4.90 Å². The van der Waals surface area contributed by atoms with Crippen molar-refractivity contribution in [2.45, 2.75) is 39.3 Å². The van der Waals surface area contributed by atoms with Crippen molar-refractivity contribution in [3.8, 4) is 5.69 Å². The Kier molecular flexibility index (Phi) is 4.98. The highest BCUT2D eigenvalue weighted by molar-refractivity contribution is 6.23. The number of nitrogens with zero attached hydrogens (tertiary/aromatic N) is 3. The molecule has 1 saturated heterocycles. The standard InChI is InChI=1S/C26H27N3O2/c1-18-23-24(19(2)28(18)21-11-7-4-8-12-21)26(31)29(25(23)30)22-13-15-27(16-14-22)17-20-9-5-3-6-10-20/h3-12,22H,13-17H2,1-2H3. The molecule has 1 aromatic heterocycles. The Morgan fingerprint density at radius 3 is 1.84 bits per heavy atom. The molecule has 5 rings (SSSR count). The largest absolute Gasteiger partial charge is 0.317 e. The number of para-hydroxylation sites is 1. The van der Waals surface area contributed by atoms with E-state index in [0.29, 0.717) is 11.1 Å². The number of carbonyl (C=O) groups excluding carboxylic acids is 2. The number of piperidine rings is 1. The van der Waals surface area contributed by atoms with E-state index < -0.39 is 0 Å². The predicted octanol–water partition coefficient (Wildman–Crippen LogP) is 4.35. The fraction of sp³-hybridized carbons (Fsp3) is 0.308. The first-order valence-electron chi connectivity index (χ1n) is 11.0. The van der Waals surface area contributed by atoms with Crippen molar-refractivity contribution in [1.82, 2.24) is 14.4 Å². The van der Waals surface area contributed by atoms with Crippen molar-refractivity contribution in [3.05, 3.63) is 88.7 Å². The number of benzene rings is 2. The van der Waals surface area contributed by atoms with Crippen LogP contribution in [0.5, 0.6) is 0 Å². The van der Waals surface area contributed by atoms with Crippen LogP contribution in [0.15, 0.2) is 60.7 Å². The quantitative estimate of drug-likeness (QED) is 0.597. The summed E-state index contributed by atoms with van der Waals surface area (Å²) in [4.78, 5) is 30.7. The van der Waals surface area contributed by atoms with Crippen molar-refractivity contribution in [2.75, 3.05) is 13.1 Å². The van der Waals surface area contributed by atoms with Gasteiger partial charge in [0.05, 0.1) is 11.1 Å². The Hall–Kier alpha value is -3.18. The van der Waals surface area contributed by atoms with Crippen LogP contribution >= 0.6 is 0 Å². The number of fused-ring (bicyclic) bond motifs is 1. The van der Waals surface area contributed by atoms with Gasteiger partial charge in [-0.3, -0.25) is 19.4 Å². The minimum Gasteiger partial charge on any atom is -0.317 e. The lowest BCUT2D eigenvalue weighted by molar-refractivity contribution is 0.0496. The van der Waals surface area contributed by atoms with E-state index >= 15 is 0 Å². The third kappa shape index (κ3) is 3.29. The Bertz CT molecular complexity index is 1090. The van der Waals surface area contributed by atoms with E-state index in [2.05, 4.69) is 29.2 Å². The molecule has 2 aliphatic rings. The second kappa shape index (κ2) is 7.82. The highest BCUT2D eigenvalue weighted by Crippen LogP contribution is 2.36. The SMILES string of the molecule is Cc1c2c(c(C)n1-c1ccccc1)C(=O)N(C1CCN(Cc3ccccc3)CC1)C2=O. The van der Waals surface area contributed by atoms with E-state index in [4.69, 9.17) is 0 Å². The van der Waals surface area contributed by atoms with Gasteiger partial charge in [-0.1, -0.05) is 48.5 Å². The van der Waals surface area contributed by atoms with E-state index in [9.17, 15) is 9.59 Å². The van der Waals surface area contributed by atoms with Crippen LogP contribution in [0.3, 0.4) is 0 Å². The van der Waals surface area contributed by atoms with Crippen LogP contribution in [0, 0.1) is 13.8 Å². The normalized spacial score (nSPS) is 17.4. The van der Waals surface area contributed by atoms with Gasteiger partial charge >= 0.3 is 0 Å². The first kappa shape index (κ1) is 19.8. The molecule has 0 unspecified atom stereocenters. The molecule has 0 spiro atoms. The summed E-state index contributed by atoms with van der Waals surface area (Å²) in [5.41, 5.74) is 5.14. The molecule has 3 heterocycles. The number of hydrogen-bond acceptors (Lipinski definition) is 3. The van der Waals surface area contributed by atoms with Crippen LogP contribution in [0.4, 0.5) is 0 Å². The van der Waals surface area contributed by atoms with Crippen molar-refractivity contribution >= 4 is 11.8 Å². The average Bonchev–Trinajstić information content (AvgIpc) is 3.21. The topological polar surface area (TPSA) is 45.6 Å². The summed E-state index contributed by atoms with van der Waals surface area (Å²) in [6.45, 7) is 6.58. The number of imide groups is 1. The summed E-state index contributed by atoms with van der Waals surface area (Å²) in [6.07, 6.45) is 1.65. The Morgan fingerprint density at radius 1 is 0.774 bits per heavy atom. The lowest BCUT2D eigenvalue weighted by Gasteiger charge is -2.36. The zero-order chi connectivity index (χ0) is 21.5. The summed E-state index contributed by atoms with van der Waals surface area (Å²) < 4.78 is 2.03. The molecule has 0 aliphatic carbocycles. The molecule has 5 heteroatoms. The molecular formula is C26H27N3O2. The van der Waals surface area contributed by atoms with Gasteiger partial charge in [-0.05, 0) is 44.4 Å². The van der Waals surface area contributed by atoms with E-state index in [1.807, 2.05) is 54.8 Å². The maximum atomic E-state index is 13.4. The maximum Gasteiger partial charge on any atom is 0.263 e. The molecule has 3 aromatic rings. The lowest BCUT2D eigenvalue weighted by Crippen LogP contribution is -2.47. The highest BCUT2D eigenvalue weighted by Gasteiger charge is 2.45. The van der Waals surface area contributed by atoms with Gasteiger partial charge in [-0.15, -0.1) is 0 Å². The smallest absolute Gasteiger partial charge is 0.263 e. The molecule has 0 N–H and O–H groups in total. The molecule has 31 heavy (non-hydrogen) atoms. The van der Waals surface area contributed by atoms with Crippen molar-refractivity contribution in [3.63, 3.8) is 0 Å². The van der Waals surface area contributed by atoms with Crippen molar-refractivity contribution < 1.29 is 9.59 Å². The number of rotatable bonds is 4. The number of hydrogen-bond donors (Lipinski definition) is 0. The van der Waals surface area contributed by atoms with Crippen LogP contribution in [0.2, 0.25) is 0 Å². The molecular weight excluding hydrogens is 386 g/mol. The van der Waals surface area contributed by atoms with E-state index in [-0.39, 0.29) is 17.9 Å². The number of carbonyl (C=O) groups is 2. The highest BCUT2D eigenvalue weighted by atomic mass is 16.2. The third-order valence-corrected chi connectivity index (χ3v) is 6.70. The van der Waals surface area contributed by atoms with Crippen LogP contribution in [-0.4, -0.2) is 45.3 Å². The summed E-state index contributed by atoms with van der Waals surface area (Å²) in [6, 6.07) is 20.3. The van der Waals surface area contributed by atoms with Crippen LogP contribution in [0.25, 0.3) is 5.69 Å². The Labute approximate surface area is 182 Å². The summed E-state index contributed by atoms with van der Waals surface area (Å²) in [7, 11) is 0. The molecule has 2 amide bonds. The molecule has 0 bridgehead atoms. The van der Waals surface area contributed by atoms with Crippen LogP contribution in [-0.2, 0) is 6.54 Å². The second-order valence-electron chi connectivity index (χ2n) is 8.57. The van der Waals surface area contributed by atoms with Crippen LogP contribution in [0.1, 0.15) is 50.5 Å². The lowest BCUT2D eigenvalue weighted by atomic mass is 10.0. The number of amides is 2. The third-order valence-electron chi connectivity index (χ3n) is 6.70. The van der Waals surface area contributed by atoms with Gasteiger partial charge in [0.15, 0.2) is 0 Å². The van der Waals surface area contributed by atoms with Crippen LogP contribution < -0.4 is 0 Å². The maximum absolute atomic E-state index is 13.4. The molecule has 158 valence electrons. The van der Waals surface area contributed by atoms with Gasteiger partial charge < -0.3 is 4.57 Å². The minimum atomic E-state index is -0.128. The molecule has 2 aromatic carbocycles. The molecule has 2 aliphatic heterocycles. The average molecular weight is 414 g/mol. The Balaban J connectivity index is 1.35. The zero-order valence-electron chi connectivity index (χ0n) is 18.0.